The first-order chi connectivity index (χ1) is 10.2. The Morgan fingerprint density at radius 1 is 1.29 bits per heavy atom. The Balaban J connectivity index is 1.87. The van der Waals surface area contributed by atoms with Gasteiger partial charge in [0, 0.05) is 29.5 Å². The van der Waals surface area contributed by atoms with E-state index in [0.717, 1.165) is 30.6 Å². The number of aromatic nitrogens is 1. The first-order valence-corrected chi connectivity index (χ1v) is 8.42. The van der Waals surface area contributed by atoms with Gasteiger partial charge in [0.05, 0.1) is 7.11 Å². The maximum Gasteiger partial charge on any atom is 0.136 e. The molecule has 0 bridgehead atoms. The van der Waals surface area contributed by atoms with E-state index < -0.39 is 0 Å². The molecule has 0 saturated carbocycles. The smallest absolute Gasteiger partial charge is 0.136 e. The average molecular weight is 349 g/mol. The van der Waals surface area contributed by atoms with E-state index >= 15 is 0 Å². The van der Waals surface area contributed by atoms with Gasteiger partial charge in [0.1, 0.15) is 11.6 Å². The molecule has 4 heteroatoms. The summed E-state index contributed by atoms with van der Waals surface area (Å²) in [6.07, 6.45) is 4.34. The molecule has 0 amide bonds. The van der Waals surface area contributed by atoms with Gasteiger partial charge >= 0.3 is 0 Å². The Morgan fingerprint density at radius 3 is 2.71 bits per heavy atom. The van der Waals surface area contributed by atoms with E-state index in [9.17, 15) is 0 Å². The molecule has 1 saturated heterocycles. The number of benzene rings is 1. The molecule has 0 radical (unpaired) electrons. The number of hydrogen-bond donors (Lipinski definition) is 0. The molecule has 1 aromatic carbocycles. The second-order valence-electron chi connectivity index (χ2n) is 5.72. The molecular weight excluding hydrogens is 328 g/mol. The number of halogens is 1. The Kier molecular flexibility index (Phi) is 4.34. The van der Waals surface area contributed by atoms with Crippen LogP contribution in [-0.4, -0.2) is 30.0 Å². The summed E-state index contributed by atoms with van der Waals surface area (Å²) in [5.41, 5.74) is 0. The molecule has 1 aromatic heterocycles. The van der Waals surface area contributed by atoms with Crippen molar-refractivity contribution in [3.8, 4) is 5.75 Å². The molecule has 3 rings (SSSR count). The van der Waals surface area contributed by atoms with E-state index in [1.807, 2.05) is 12.3 Å². The van der Waals surface area contributed by atoms with Crippen LogP contribution in [0.1, 0.15) is 19.8 Å². The van der Waals surface area contributed by atoms with Crippen molar-refractivity contribution in [1.82, 2.24) is 4.98 Å². The predicted molar refractivity (Wildman–Crippen MR) is 91.6 cm³/mol. The van der Waals surface area contributed by atoms with E-state index in [1.54, 1.807) is 7.11 Å². The van der Waals surface area contributed by atoms with E-state index in [0.29, 0.717) is 4.83 Å². The first-order valence-electron chi connectivity index (χ1n) is 7.51. The lowest BCUT2D eigenvalue weighted by atomic mass is 9.94. The van der Waals surface area contributed by atoms with Gasteiger partial charge in [-0.1, -0.05) is 22.9 Å². The Bertz CT molecular complexity index is 621. The topological polar surface area (TPSA) is 25.4 Å². The summed E-state index contributed by atoms with van der Waals surface area (Å²) in [4.78, 5) is 7.65. The van der Waals surface area contributed by atoms with Crippen LogP contribution in [0.3, 0.4) is 0 Å². The molecule has 0 aliphatic carbocycles. The molecule has 112 valence electrons. The number of rotatable bonds is 3. The third-order valence-electron chi connectivity index (χ3n) is 4.44. The van der Waals surface area contributed by atoms with Crippen molar-refractivity contribution in [3.05, 3.63) is 30.5 Å². The number of ether oxygens (including phenoxy) is 1. The third kappa shape index (κ3) is 3.00. The molecule has 3 nitrogen and oxygen atoms in total. The number of nitrogens with zero attached hydrogens (tertiary/aromatic N) is 2. The number of piperidine rings is 1. The quantitative estimate of drug-likeness (QED) is 0.775. The van der Waals surface area contributed by atoms with Crippen molar-refractivity contribution >= 4 is 32.5 Å². The zero-order valence-corrected chi connectivity index (χ0v) is 14.1. The molecule has 1 unspecified atom stereocenters. The summed E-state index contributed by atoms with van der Waals surface area (Å²) >= 11 is 3.72. The van der Waals surface area contributed by atoms with Crippen LogP contribution in [0.25, 0.3) is 10.8 Å². The van der Waals surface area contributed by atoms with E-state index in [4.69, 9.17) is 4.74 Å². The molecule has 1 atom stereocenters. The monoisotopic (exact) mass is 348 g/mol. The summed E-state index contributed by atoms with van der Waals surface area (Å²) in [7, 11) is 1.70. The standard InChI is InChI=1S/C17H21BrN2O/c1-12(18)13-6-9-20(10-7-13)17-16-4-3-15(21-2)11-14(16)5-8-19-17/h3-5,8,11-13H,6-7,9-10H2,1-2H3. The van der Waals surface area contributed by atoms with Crippen LogP contribution in [0, 0.1) is 5.92 Å². The van der Waals surface area contributed by atoms with Crippen molar-refractivity contribution in [3.63, 3.8) is 0 Å². The van der Waals surface area contributed by atoms with Crippen LogP contribution in [0.4, 0.5) is 5.82 Å². The Morgan fingerprint density at radius 2 is 2.05 bits per heavy atom. The predicted octanol–water partition coefficient (Wildman–Crippen LogP) is 4.24. The number of methoxy groups -OCH3 is 1. The minimum Gasteiger partial charge on any atom is -0.497 e. The molecule has 21 heavy (non-hydrogen) atoms. The minimum atomic E-state index is 0.601. The lowest BCUT2D eigenvalue weighted by Crippen LogP contribution is -2.36. The highest BCUT2D eigenvalue weighted by molar-refractivity contribution is 9.09. The number of anilines is 1. The number of fused-ring (bicyclic) bond motifs is 1. The summed E-state index contributed by atoms with van der Waals surface area (Å²) in [5, 5.41) is 2.40. The maximum absolute atomic E-state index is 5.31. The Hall–Kier alpha value is -1.29. The molecule has 1 aliphatic heterocycles. The molecular formula is C17H21BrN2O. The number of hydrogen-bond acceptors (Lipinski definition) is 3. The van der Waals surface area contributed by atoms with Crippen LogP contribution in [0.5, 0.6) is 5.75 Å². The molecule has 0 spiro atoms. The van der Waals surface area contributed by atoms with Gasteiger partial charge in [0.2, 0.25) is 0 Å². The van der Waals surface area contributed by atoms with Crippen LogP contribution in [0.15, 0.2) is 30.5 Å². The highest BCUT2D eigenvalue weighted by Crippen LogP contribution is 2.32. The molecule has 1 aliphatic rings. The van der Waals surface area contributed by atoms with Crippen LogP contribution >= 0.6 is 15.9 Å². The van der Waals surface area contributed by atoms with Gasteiger partial charge in [-0.3, -0.25) is 0 Å². The van der Waals surface area contributed by atoms with Crippen molar-refractivity contribution < 1.29 is 4.74 Å². The maximum atomic E-state index is 5.31. The fourth-order valence-electron chi connectivity index (χ4n) is 3.09. The van der Waals surface area contributed by atoms with Gasteiger partial charge in [0.25, 0.3) is 0 Å². The van der Waals surface area contributed by atoms with Crippen molar-refractivity contribution in [2.24, 2.45) is 5.92 Å². The lowest BCUT2D eigenvalue weighted by molar-refractivity contribution is 0.406. The summed E-state index contributed by atoms with van der Waals surface area (Å²) in [6.45, 7) is 4.42. The van der Waals surface area contributed by atoms with Crippen molar-refractivity contribution in [2.75, 3.05) is 25.1 Å². The second kappa shape index (κ2) is 6.22. The average Bonchev–Trinajstić information content (AvgIpc) is 2.53. The largest absolute Gasteiger partial charge is 0.497 e. The Labute approximate surface area is 134 Å². The van der Waals surface area contributed by atoms with Gasteiger partial charge in [-0.2, -0.15) is 0 Å². The van der Waals surface area contributed by atoms with Crippen molar-refractivity contribution in [2.45, 2.75) is 24.6 Å². The van der Waals surface area contributed by atoms with Gasteiger partial charge in [-0.05, 0) is 48.4 Å². The normalized spacial score (nSPS) is 18.0. The molecule has 1 fully saturated rings. The lowest BCUT2D eigenvalue weighted by Gasteiger charge is -2.34. The van der Waals surface area contributed by atoms with Gasteiger partial charge in [-0.25, -0.2) is 4.98 Å². The zero-order valence-electron chi connectivity index (χ0n) is 12.6. The van der Waals surface area contributed by atoms with E-state index in [1.165, 1.54) is 23.6 Å². The first kappa shape index (κ1) is 14.6. The molecule has 2 heterocycles. The van der Waals surface area contributed by atoms with Gasteiger partial charge in [0.15, 0.2) is 0 Å². The van der Waals surface area contributed by atoms with Crippen molar-refractivity contribution in [1.29, 1.82) is 0 Å². The highest BCUT2D eigenvalue weighted by atomic mass is 79.9. The van der Waals surface area contributed by atoms with Gasteiger partial charge < -0.3 is 9.64 Å². The summed E-state index contributed by atoms with van der Waals surface area (Å²) in [6, 6.07) is 8.26. The summed E-state index contributed by atoms with van der Waals surface area (Å²) in [5.74, 6) is 2.78. The SMILES string of the molecule is COc1ccc2c(N3CCC(C(C)Br)CC3)nccc2c1. The number of pyridine rings is 1. The highest BCUT2D eigenvalue weighted by Gasteiger charge is 2.23. The minimum absolute atomic E-state index is 0.601. The van der Waals surface area contributed by atoms with E-state index in [-0.39, 0.29) is 0 Å². The number of alkyl halides is 1. The van der Waals surface area contributed by atoms with Crippen LogP contribution in [0.2, 0.25) is 0 Å². The third-order valence-corrected chi connectivity index (χ3v) is 5.19. The van der Waals surface area contributed by atoms with Gasteiger partial charge in [-0.15, -0.1) is 0 Å². The summed E-state index contributed by atoms with van der Waals surface area (Å²) < 4.78 is 5.31. The zero-order chi connectivity index (χ0) is 14.8. The van der Waals surface area contributed by atoms with Crippen LogP contribution in [-0.2, 0) is 0 Å². The fourth-order valence-corrected chi connectivity index (χ4v) is 3.62. The molecule has 2 aromatic rings. The van der Waals surface area contributed by atoms with E-state index in [2.05, 4.69) is 50.9 Å². The van der Waals surface area contributed by atoms with Crippen LogP contribution < -0.4 is 9.64 Å². The molecule has 0 N–H and O–H groups in total. The second-order valence-corrected chi connectivity index (χ2v) is 7.17. The fraction of sp³-hybridized carbons (Fsp3) is 0.471.